The van der Waals surface area contributed by atoms with Gasteiger partial charge in [-0.25, -0.2) is 0 Å². The van der Waals surface area contributed by atoms with Crippen molar-refractivity contribution in [2.75, 3.05) is 33.3 Å². The molecule has 0 aliphatic carbocycles. The molecule has 0 atom stereocenters. The number of halogens is 1. The van der Waals surface area contributed by atoms with Crippen LogP contribution in [0.15, 0.2) is 17.1 Å². The van der Waals surface area contributed by atoms with Crippen LogP contribution >= 0.6 is 11.6 Å². The normalized spacial score (nSPS) is 13.5. The van der Waals surface area contributed by atoms with Gasteiger partial charge in [-0.05, 0) is 6.07 Å². The standard InChI is InChI=1S/C12H15ClN2O2/c1-16-11-5-9-7-15(4-3-13)8-14-10(9)6-12(11)17-2/h5-7H,3-4,8H2,1-2H3. The number of fused-ring (bicyclic) bond motifs is 1. The van der Waals surface area contributed by atoms with Crippen LogP contribution in [0.1, 0.15) is 0 Å². The highest BCUT2D eigenvalue weighted by Gasteiger charge is 2.08. The van der Waals surface area contributed by atoms with Gasteiger partial charge in [-0.1, -0.05) is 0 Å². The number of alkyl halides is 1. The van der Waals surface area contributed by atoms with E-state index in [1.54, 1.807) is 14.2 Å². The molecule has 2 rings (SSSR count). The molecule has 0 unspecified atom stereocenters. The van der Waals surface area contributed by atoms with Crippen LogP contribution in [0, 0.1) is 0 Å². The Kier molecular flexibility index (Phi) is 3.74. The summed E-state index contributed by atoms with van der Waals surface area (Å²) in [4.78, 5) is 6.55. The van der Waals surface area contributed by atoms with Gasteiger partial charge in [0.15, 0.2) is 11.5 Å². The number of methoxy groups -OCH3 is 2. The zero-order valence-electron chi connectivity index (χ0n) is 9.94. The molecular formula is C12H15ClN2O2. The van der Waals surface area contributed by atoms with E-state index in [4.69, 9.17) is 21.1 Å². The van der Waals surface area contributed by atoms with Crippen LogP contribution in [0.2, 0.25) is 0 Å². The van der Waals surface area contributed by atoms with Gasteiger partial charge in [0, 0.05) is 29.9 Å². The van der Waals surface area contributed by atoms with Gasteiger partial charge in [-0.3, -0.25) is 4.99 Å². The predicted molar refractivity (Wildman–Crippen MR) is 67.1 cm³/mol. The van der Waals surface area contributed by atoms with Crippen molar-refractivity contribution >= 4 is 17.8 Å². The highest BCUT2D eigenvalue weighted by Crippen LogP contribution is 2.22. The summed E-state index contributed by atoms with van der Waals surface area (Å²) in [7, 11) is 3.25. The second-order valence-corrected chi connectivity index (χ2v) is 4.07. The molecule has 1 aromatic rings. The molecule has 1 aliphatic heterocycles. The Balaban J connectivity index is 2.47. The van der Waals surface area contributed by atoms with Gasteiger partial charge in [0.25, 0.3) is 0 Å². The lowest BCUT2D eigenvalue weighted by Crippen LogP contribution is -2.36. The summed E-state index contributed by atoms with van der Waals surface area (Å²) in [6.45, 7) is 1.42. The lowest BCUT2D eigenvalue weighted by Gasteiger charge is -2.19. The summed E-state index contributed by atoms with van der Waals surface area (Å²) in [6.07, 6.45) is 2.05. The fourth-order valence-electron chi connectivity index (χ4n) is 1.77. The first-order valence-electron chi connectivity index (χ1n) is 5.37. The molecule has 1 aromatic carbocycles. The van der Waals surface area contributed by atoms with Crippen molar-refractivity contribution in [1.29, 1.82) is 0 Å². The molecule has 0 amide bonds. The number of hydrogen-bond acceptors (Lipinski definition) is 4. The van der Waals surface area contributed by atoms with Crippen molar-refractivity contribution in [3.05, 3.63) is 22.7 Å². The summed E-state index contributed by atoms with van der Waals surface area (Å²) in [6, 6.07) is 3.82. The highest BCUT2D eigenvalue weighted by atomic mass is 35.5. The van der Waals surface area contributed by atoms with E-state index in [1.165, 1.54) is 0 Å². The molecule has 0 saturated carbocycles. The zero-order valence-corrected chi connectivity index (χ0v) is 10.7. The van der Waals surface area contributed by atoms with E-state index in [0.717, 1.165) is 17.1 Å². The number of benzene rings is 1. The summed E-state index contributed by atoms with van der Waals surface area (Å²) < 4.78 is 10.5. The molecule has 0 spiro atoms. The molecule has 1 aliphatic rings. The molecule has 0 N–H and O–H groups in total. The van der Waals surface area contributed by atoms with E-state index >= 15 is 0 Å². The van der Waals surface area contributed by atoms with Crippen LogP contribution in [0.5, 0.6) is 11.5 Å². The van der Waals surface area contributed by atoms with Crippen LogP contribution in [0.3, 0.4) is 0 Å². The van der Waals surface area contributed by atoms with E-state index in [2.05, 4.69) is 9.89 Å². The van der Waals surface area contributed by atoms with Crippen LogP contribution < -0.4 is 20.0 Å². The lowest BCUT2D eigenvalue weighted by atomic mass is 10.2. The second-order valence-electron chi connectivity index (χ2n) is 3.70. The number of hydrogen-bond donors (Lipinski definition) is 0. The van der Waals surface area contributed by atoms with Gasteiger partial charge in [-0.15, -0.1) is 11.6 Å². The maximum Gasteiger partial charge on any atom is 0.162 e. The van der Waals surface area contributed by atoms with Gasteiger partial charge in [0.1, 0.15) is 6.67 Å². The van der Waals surface area contributed by atoms with Crippen LogP contribution in [0.4, 0.5) is 0 Å². The minimum absolute atomic E-state index is 0.592. The van der Waals surface area contributed by atoms with Gasteiger partial charge in [-0.2, -0.15) is 0 Å². The van der Waals surface area contributed by atoms with E-state index in [9.17, 15) is 0 Å². The summed E-state index contributed by atoms with van der Waals surface area (Å²) in [5, 5.41) is 1.95. The van der Waals surface area contributed by atoms with Gasteiger partial charge in [0.05, 0.1) is 19.6 Å². The summed E-state index contributed by atoms with van der Waals surface area (Å²) in [5.74, 6) is 2.01. The van der Waals surface area contributed by atoms with Crippen molar-refractivity contribution in [1.82, 2.24) is 4.90 Å². The third-order valence-electron chi connectivity index (χ3n) is 2.65. The zero-order chi connectivity index (χ0) is 12.3. The number of rotatable bonds is 4. The Hall–Kier alpha value is -1.42. The highest BCUT2D eigenvalue weighted by molar-refractivity contribution is 6.18. The fraction of sp³-hybridized carbons (Fsp3) is 0.417. The molecule has 0 fully saturated rings. The first-order chi connectivity index (χ1) is 8.28. The summed E-state index contributed by atoms with van der Waals surface area (Å²) in [5.41, 5.74) is 0. The van der Waals surface area contributed by atoms with Crippen LogP contribution in [-0.2, 0) is 0 Å². The maximum absolute atomic E-state index is 5.72. The van der Waals surface area contributed by atoms with Gasteiger partial charge in [0.2, 0.25) is 0 Å². The molecule has 0 bridgehead atoms. The first kappa shape index (κ1) is 12.0. The Labute approximate surface area is 105 Å². The molecule has 1 heterocycles. The molecule has 0 radical (unpaired) electrons. The van der Waals surface area contributed by atoms with Crippen molar-refractivity contribution in [3.8, 4) is 11.5 Å². The minimum atomic E-state index is 0.592. The topological polar surface area (TPSA) is 34.1 Å². The smallest absolute Gasteiger partial charge is 0.162 e. The van der Waals surface area contributed by atoms with Crippen molar-refractivity contribution in [3.63, 3.8) is 0 Å². The van der Waals surface area contributed by atoms with E-state index < -0.39 is 0 Å². The monoisotopic (exact) mass is 254 g/mol. The predicted octanol–water partition coefficient (Wildman–Crippen LogP) is 0.573. The molecule has 5 heteroatoms. The molecule has 4 nitrogen and oxygen atoms in total. The van der Waals surface area contributed by atoms with Crippen molar-refractivity contribution in [2.24, 2.45) is 4.99 Å². The third-order valence-corrected chi connectivity index (χ3v) is 2.82. The average molecular weight is 255 g/mol. The molecule has 92 valence electrons. The Morgan fingerprint density at radius 1 is 1.29 bits per heavy atom. The lowest BCUT2D eigenvalue weighted by molar-refractivity contribution is 0.353. The van der Waals surface area contributed by atoms with Crippen molar-refractivity contribution in [2.45, 2.75) is 0 Å². The van der Waals surface area contributed by atoms with Gasteiger partial charge < -0.3 is 14.4 Å². The molecule has 0 saturated heterocycles. The molecular weight excluding hydrogens is 240 g/mol. The van der Waals surface area contributed by atoms with Crippen LogP contribution in [-0.4, -0.2) is 38.2 Å². The maximum atomic E-state index is 5.72. The van der Waals surface area contributed by atoms with Gasteiger partial charge >= 0.3 is 0 Å². The Morgan fingerprint density at radius 3 is 2.65 bits per heavy atom. The Bertz CT molecular complexity index is 516. The summed E-state index contributed by atoms with van der Waals surface area (Å²) >= 11 is 5.72. The van der Waals surface area contributed by atoms with Crippen molar-refractivity contribution < 1.29 is 9.47 Å². The molecule has 0 aromatic heterocycles. The fourth-order valence-corrected chi connectivity index (χ4v) is 1.99. The average Bonchev–Trinajstić information content (AvgIpc) is 2.37. The number of nitrogens with zero attached hydrogens (tertiary/aromatic N) is 2. The third kappa shape index (κ3) is 2.47. The van der Waals surface area contributed by atoms with E-state index in [-0.39, 0.29) is 0 Å². The second kappa shape index (κ2) is 5.27. The Morgan fingerprint density at radius 2 is 2.00 bits per heavy atom. The SMILES string of the molecule is COc1cc2c(cc1OC)=NCN(CCCl)C=2. The first-order valence-corrected chi connectivity index (χ1v) is 5.90. The molecule has 17 heavy (non-hydrogen) atoms. The van der Waals surface area contributed by atoms with Crippen LogP contribution in [0.25, 0.3) is 6.20 Å². The van der Waals surface area contributed by atoms with E-state index in [0.29, 0.717) is 24.0 Å². The minimum Gasteiger partial charge on any atom is -0.493 e. The quantitative estimate of drug-likeness (QED) is 0.737. The van der Waals surface area contributed by atoms with E-state index in [1.807, 2.05) is 18.3 Å². The number of ether oxygens (including phenoxy) is 2. The largest absolute Gasteiger partial charge is 0.493 e.